The second kappa shape index (κ2) is 7.46. The summed E-state index contributed by atoms with van der Waals surface area (Å²) in [5.74, 6) is 0. The van der Waals surface area contributed by atoms with Gasteiger partial charge in [0, 0.05) is 5.41 Å². The van der Waals surface area contributed by atoms with Gasteiger partial charge < -0.3 is 5.11 Å². The van der Waals surface area contributed by atoms with Crippen LogP contribution in [-0.2, 0) is 9.78 Å². The van der Waals surface area contributed by atoms with Gasteiger partial charge in [0.05, 0.1) is 13.2 Å². The summed E-state index contributed by atoms with van der Waals surface area (Å²) in [4.78, 5) is 11.0. The summed E-state index contributed by atoms with van der Waals surface area (Å²) in [7, 11) is 0. The van der Waals surface area contributed by atoms with E-state index in [1.54, 1.807) is 0 Å². The topological polar surface area (TPSA) is 38.7 Å². The highest BCUT2D eigenvalue weighted by Crippen LogP contribution is 2.40. The first-order valence-corrected chi connectivity index (χ1v) is 7.76. The molecule has 2 rings (SSSR count). The van der Waals surface area contributed by atoms with Crippen molar-refractivity contribution in [2.24, 2.45) is 5.41 Å². The maximum absolute atomic E-state index is 9.94. The Morgan fingerprint density at radius 1 is 0.889 bits per heavy atom. The average Bonchev–Trinajstić information content (AvgIpc) is 2.30. The number of aliphatic hydroxyl groups is 1. The molecule has 1 heterocycles. The molecule has 1 saturated carbocycles. The van der Waals surface area contributed by atoms with Crippen LogP contribution in [0.1, 0.15) is 70.6 Å². The first kappa shape index (κ1) is 14.3. The van der Waals surface area contributed by atoms with Gasteiger partial charge in [-0.05, 0) is 25.7 Å². The first-order chi connectivity index (χ1) is 8.87. The Labute approximate surface area is 111 Å². The molecule has 0 amide bonds. The zero-order chi connectivity index (χ0) is 12.7. The molecule has 0 bridgehead atoms. The predicted octanol–water partition coefficient (Wildman–Crippen LogP) is 3.60. The summed E-state index contributed by atoms with van der Waals surface area (Å²) < 4.78 is 0. The van der Waals surface area contributed by atoms with E-state index >= 15 is 0 Å². The van der Waals surface area contributed by atoms with Crippen LogP contribution in [0.25, 0.3) is 0 Å². The zero-order valence-corrected chi connectivity index (χ0v) is 11.5. The van der Waals surface area contributed by atoms with Gasteiger partial charge in [0.2, 0.25) is 0 Å². The summed E-state index contributed by atoms with van der Waals surface area (Å²) in [6.45, 7) is 0.957. The van der Waals surface area contributed by atoms with Crippen molar-refractivity contribution in [3.63, 3.8) is 0 Å². The molecular weight excluding hydrogens is 228 g/mol. The highest BCUT2D eigenvalue weighted by molar-refractivity contribution is 4.88. The molecule has 0 spiro atoms. The van der Waals surface area contributed by atoms with Crippen molar-refractivity contribution in [3.8, 4) is 0 Å². The van der Waals surface area contributed by atoms with Crippen molar-refractivity contribution in [2.45, 2.75) is 76.7 Å². The van der Waals surface area contributed by atoms with Crippen LogP contribution in [0.5, 0.6) is 0 Å². The molecular formula is C15H28O3. The Morgan fingerprint density at radius 2 is 1.56 bits per heavy atom. The number of aliphatic hydroxyl groups excluding tert-OH is 1. The molecule has 1 atom stereocenters. The molecule has 1 unspecified atom stereocenters. The van der Waals surface area contributed by atoms with Crippen LogP contribution >= 0.6 is 0 Å². The second-order valence-corrected chi connectivity index (χ2v) is 6.04. The van der Waals surface area contributed by atoms with E-state index in [4.69, 9.17) is 9.78 Å². The lowest BCUT2D eigenvalue weighted by atomic mass is 9.71. The number of rotatable bonds is 2. The van der Waals surface area contributed by atoms with Crippen LogP contribution in [0, 0.1) is 5.41 Å². The quantitative estimate of drug-likeness (QED) is 0.767. The fourth-order valence-electron chi connectivity index (χ4n) is 3.45. The van der Waals surface area contributed by atoms with E-state index in [1.807, 2.05) is 0 Å². The smallest absolute Gasteiger partial charge is 0.101 e. The summed E-state index contributed by atoms with van der Waals surface area (Å²) >= 11 is 0. The van der Waals surface area contributed by atoms with Gasteiger partial charge in [0.1, 0.15) is 6.10 Å². The molecule has 0 aromatic heterocycles. The minimum Gasteiger partial charge on any atom is -0.396 e. The highest BCUT2D eigenvalue weighted by atomic mass is 17.2. The Kier molecular flexibility index (Phi) is 5.93. The molecule has 1 saturated heterocycles. The summed E-state index contributed by atoms with van der Waals surface area (Å²) in [5.41, 5.74) is -0.0439. The van der Waals surface area contributed by atoms with E-state index in [0.29, 0.717) is 6.61 Å². The third-order valence-electron chi connectivity index (χ3n) is 4.73. The second-order valence-electron chi connectivity index (χ2n) is 6.04. The maximum Gasteiger partial charge on any atom is 0.101 e. The summed E-state index contributed by atoms with van der Waals surface area (Å²) in [6, 6.07) is 0. The summed E-state index contributed by atoms with van der Waals surface area (Å²) in [5, 5.41) is 9.94. The van der Waals surface area contributed by atoms with Crippen molar-refractivity contribution >= 4 is 0 Å². The molecule has 18 heavy (non-hydrogen) atoms. The molecule has 2 aliphatic rings. The van der Waals surface area contributed by atoms with Crippen molar-refractivity contribution in [1.29, 1.82) is 0 Å². The largest absolute Gasteiger partial charge is 0.396 e. The lowest BCUT2D eigenvalue weighted by molar-refractivity contribution is -0.353. The van der Waals surface area contributed by atoms with Crippen molar-refractivity contribution < 1.29 is 14.9 Å². The summed E-state index contributed by atoms with van der Waals surface area (Å²) in [6.07, 6.45) is 13.3. The van der Waals surface area contributed by atoms with Crippen LogP contribution in [0.2, 0.25) is 0 Å². The lowest BCUT2D eigenvalue weighted by Gasteiger charge is -2.40. The van der Waals surface area contributed by atoms with E-state index in [2.05, 4.69) is 0 Å². The molecule has 2 fully saturated rings. The minimum atomic E-state index is -0.0439. The Morgan fingerprint density at radius 3 is 2.28 bits per heavy atom. The fraction of sp³-hybridized carbons (Fsp3) is 1.00. The normalized spacial score (nSPS) is 30.8. The lowest BCUT2D eigenvalue weighted by Crippen LogP contribution is -2.41. The van der Waals surface area contributed by atoms with Crippen LogP contribution in [0.3, 0.4) is 0 Å². The molecule has 0 aromatic carbocycles. The van der Waals surface area contributed by atoms with Gasteiger partial charge in [-0.1, -0.05) is 44.9 Å². The molecule has 3 heteroatoms. The maximum atomic E-state index is 9.94. The van der Waals surface area contributed by atoms with E-state index in [9.17, 15) is 5.11 Å². The molecule has 0 aromatic rings. The van der Waals surface area contributed by atoms with Crippen LogP contribution in [0.4, 0.5) is 0 Å². The van der Waals surface area contributed by atoms with E-state index in [1.165, 1.54) is 44.9 Å². The Bertz CT molecular complexity index is 214. The SMILES string of the molecule is OCC1(C2CCCCCOO2)CCCCCCC1. The van der Waals surface area contributed by atoms with E-state index < -0.39 is 0 Å². The predicted molar refractivity (Wildman–Crippen MR) is 71.1 cm³/mol. The monoisotopic (exact) mass is 256 g/mol. The van der Waals surface area contributed by atoms with Gasteiger partial charge in [-0.3, -0.25) is 0 Å². The zero-order valence-electron chi connectivity index (χ0n) is 11.5. The van der Waals surface area contributed by atoms with E-state index in [0.717, 1.165) is 25.7 Å². The van der Waals surface area contributed by atoms with Crippen LogP contribution in [-0.4, -0.2) is 24.4 Å². The van der Waals surface area contributed by atoms with Crippen molar-refractivity contribution in [1.82, 2.24) is 0 Å². The van der Waals surface area contributed by atoms with Gasteiger partial charge in [-0.15, -0.1) is 0 Å². The highest BCUT2D eigenvalue weighted by Gasteiger charge is 2.39. The molecule has 1 aliphatic carbocycles. The van der Waals surface area contributed by atoms with Gasteiger partial charge >= 0.3 is 0 Å². The number of hydrogen-bond acceptors (Lipinski definition) is 3. The number of hydrogen-bond donors (Lipinski definition) is 1. The molecule has 106 valence electrons. The van der Waals surface area contributed by atoms with E-state index in [-0.39, 0.29) is 18.1 Å². The molecule has 3 nitrogen and oxygen atoms in total. The Balaban J connectivity index is 2.01. The van der Waals surface area contributed by atoms with Gasteiger partial charge in [0.25, 0.3) is 0 Å². The van der Waals surface area contributed by atoms with Crippen LogP contribution < -0.4 is 0 Å². The van der Waals surface area contributed by atoms with Crippen molar-refractivity contribution in [3.05, 3.63) is 0 Å². The molecule has 1 N–H and O–H groups in total. The average molecular weight is 256 g/mol. The third-order valence-corrected chi connectivity index (χ3v) is 4.73. The van der Waals surface area contributed by atoms with Crippen LogP contribution in [0.15, 0.2) is 0 Å². The first-order valence-electron chi connectivity index (χ1n) is 7.76. The molecule has 1 aliphatic heterocycles. The van der Waals surface area contributed by atoms with Crippen molar-refractivity contribution in [2.75, 3.05) is 13.2 Å². The third kappa shape index (κ3) is 3.69. The van der Waals surface area contributed by atoms with Gasteiger partial charge in [-0.25, -0.2) is 9.78 Å². The fourth-order valence-corrected chi connectivity index (χ4v) is 3.45. The van der Waals surface area contributed by atoms with Gasteiger partial charge in [0.15, 0.2) is 0 Å². The standard InChI is InChI=1S/C15H28O3/c16-13-15(10-6-2-1-3-7-11-15)14-9-5-4-8-12-17-18-14/h14,16H,1-13H2. The minimum absolute atomic E-state index is 0.0439. The molecule has 0 radical (unpaired) electrons. The van der Waals surface area contributed by atoms with Gasteiger partial charge in [-0.2, -0.15) is 0 Å². The Hall–Kier alpha value is -0.120.